The summed E-state index contributed by atoms with van der Waals surface area (Å²) in [4.78, 5) is 10.6. The minimum Gasteiger partial charge on any atom is -0.493 e. The van der Waals surface area contributed by atoms with Crippen LogP contribution in [0.2, 0.25) is 5.02 Å². The third-order valence-corrected chi connectivity index (χ3v) is 3.81. The third kappa shape index (κ3) is 5.01. The van der Waals surface area contributed by atoms with E-state index in [9.17, 15) is 4.79 Å². The van der Waals surface area contributed by atoms with Crippen molar-refractivity contribution in [3.05, 3.63) is 63.1 Å². The van der Waals surface area contributed by atoms with Crippen LogP contribution in [0, 0.1) is 0 Å². The Labute approximate surface area is 147 Å². The fourth-order valence-corrected chi connectivity index (χ4v) is 2.58. The van der Waals surface area contributed by atoms with Crippen molar-refractivity contribution < 1.29 is 19.4 Å². The molecule has 0 bridgehead atoms. The van der Waals surface area contributed by atoms with Gasteiger partial charge in [0.25, 0.3) is 0 Å². The van der Waals surface area contributed by atoms with Crippen LogP contribution in [0.4, 0.5) is 0 Å². The van der Waals surface area contributed by atoms with Gasteiger partial charge in [0, 0.05) is 11.1 Å². The number of hydrogen-bond acceptors (Lipinski definition) is 3. The number of ether oxygens (including phenoxy) is 2. The number of carboxylic acid groups (broad SMARTS) is 1. The van der Waals surface area contributed by atoms with E-state index in [0.717, 1.165) is 11.6 Å². The predicted molar refractivity (Wildman–Crippen MR) is 93.1 cm³/mol. The monoisotopic (exact) mass is 396 g/mol. The topological polar surface area (TPSA) is 55.8 Å². The van der Waals surface area contributed by atoms with Gasteiger partial charge < -0.3 is 14.6 Å². The molecule has 0 saturated heterocycles. The normalized spacial score (nSPS) is 10.7. The van der Waals surface area contributed by atoms with Gasteiger partial charge >= 0.3 is 5.97 Å². The first-order chi connectivity index (χ1) is 11.0. The number of halogens is 2. The number of carbonyl (C=O) groups is 1. The molecule has 0 aliphatic carbocycles. The van der Waals surface area contributed by atoms with E-state index in [0.29, 0.717) is 33.2 Å². The summed E-state index contributed by atoms with van der Waals surface area (Å²) in [6, 6.07) is 10.8. The van der Waals surface area contributed by atoms with Crippen molar-refractivity contribution in [3.63, 3.8) is 0 Å². The number of methoxy groups -OCH3 is 1. The van der Waals surface area contributed by atoms with E-state index in [-0.39, 0.29) is 0 Å². The van der Waals surface area contributed by atoms with Crippen LogP contribution in [-0.4, -0.2) is 18.2 Å². The molecule has 0 amide bonds. The molecule has 1 N–H and O–H groups in total. The second-order valence-electron chi connectivity index (χ2n) is 4.62. The SMILES string of the molecule is COc1cc(C=CC(=O)O)cc(Br)c1OCc1ccc(Cl)cc1. The maximum Gasteiger partial charge on any atom is 0.328 e. The van der Waals surface area contributed by atoms with Crippen molar-refractivity contribution in [2.75, 3.05) is 7.11 Å². The minimum absolute atomic E-state index is 0.358. The molecule has 6 heteroatoms. The minimum atomic E-state index is -1.01. The van der Waals surface area contributed by atoms with E-state index in [4.69, 9.17) is 26.2 Å². The first-order valence-electron chi connectivity index (χ1n) is 6.65. The van der Waals surface area contributed by atoms with Crippen LogP contribution in [0.15, 0.2) is 46.9 Å². The van der Waals surface area contributed by atoms with Crippen molar-refractivity contribution in [2.24, 2.45) is 0 Å². The molecule has 0 spiro atoms. The van der Waals surface area contributed by atoms with E-state index in [1.165, 1.54) is 13.2 Å². The van der Waals surface area contributed by atoms with Gasteiger partial charge in [0.15, 0.2) is 11.5 Å². The van der Waals surface area contributed by atoms with Crippen LogP contribution in [-0.2, 0) is 11.4 Å². The van der Waals surface area contributed by atoms with Gasteiger partial charge in [-0.2, -0.15) is 0 Å². The molecule has 0 fully saturated rings. The highest BCUT2D eigenvalue weighted by molar-refractivity contribution is 9.10. The molecule has 23 heavy (non-hydrogen) atoms. The van der Waals surface area contributed by atoms with Gasteiger partial charge in [-0.05, 0) is 57.4 Å². The van der Waals surface area contributed by atoms with Gasteiger partial charge in [0.05, 0.1) is 11.6 Å². The Balaban J connectivity index is 2.20. The number of aliphatic carboxylic acids is 1. The molecular weight excluding hydrogens is 384 g/mol. The summed E-state index contributed by atoms with van der Waals surface area (Å²) in [7, 11) is 1.53. The van der Waals surface area contributed by atoms with Crippen LogP contribution in [0.5, 0.6) is 11.5 Å². The zero-order valence-electron chi connectivity index (χ0n) is 12.3. The number of benzene rings is 2. The van der Waals surface area contributed by atoms with E-state index >= 15 is 0 Å². The first-order valence-corrected chi connectivity index (χ1v) is 7.82. The van der Waals surface area contributed by atoms with Gasteiger partial charge in [0.2, 0.25) is 0 Å². The fraction of sp³-hybridized carbons (Fsp3) is 0.118. The van der Waals surface area contributed by atoms with Gasteiger partial charge in [-0.15, -0.1) is 0 Å². The molecule has 0 radical (unpaired) electrons. The number of carboxylic acids is 1. The summed E-state index contributed by atoms with van der Waals surface area (Å²) in [5.41, 5.74) is 1.66. The van der Waals surface area contributed by atoms with Crippen molar-refractivity contribution in [2.45, 2.75) is 6.61 Å². The maximum atomic E-state index is 10.6. The highest BCUT2D eigenvalue weighted by atomic mass is 79.9. The Morgan fingerprint density at radius 2 is 2.00 bits per heavy atom. The Kier molecular flexibility index (Phi) is 6.07. The summed E-state index contributed by atoms with van der Waals surface area (Å²) in [6.07, 6.45) is 2.55. The predicted octanol–water partition coefficient (Wildman–Crippen LogP) is 4.79. The van der Waals surface area contributed by atoms with Gasteiger partial charge in [-0.25, -0.2) is 4.79 Å². The zero-order chi connectivity index (χ0) is 16.8. The summed E-state index contributed by atoms with van der Waals surface area (Å²) in [6.45, 7) is 0.358. The molecule has 120 valence electrons. The van der Waals surface area contributed by atoms with Crippen LogP contribution in [0.3, 0.4) is 0 Å². The van der Waals surface area contributed by atoms with Gasteiger partial charge in [0.1, 0.15) is 6.61 Å². The fourth-order valence-electron chi connectivity index (χ4n) is 1.88. The highest BCUT2D eigenvalue weighted by Gasteiger charge is 2.11. The van der Waals surface area contributed by atoms with Crippen LogP contribution in [0.25, 0.3) is 6.08 Å². The van der Waals surface area contributed by atoms with Crippen LogP contribution >= 0.6 is 27.5 Å². The summed E-state index contributed by atoms with van der Waals surface area (Å²) in [5.74, 6) is 0.0523. The Hall–Kier alpha value is -1.98. The molecule has 2 rings (SSSR count). The maximum absolute atomic E-state index is 10.6. The van der Waals surface area contributed by atoms with Gasteiger partial charge in [-0.1, -0.05) is 23.7 Å². The second kappa shape index (κ2) is 8.04. The summed E-state index contributed by atoms with van der Waals surface area (Å²) in [5, 5.41) is 9.36. The average Bonchev–Trinajstić information content (AvgIpc) is 2.53. The third-order valence-electron chi connectivity index (χ3n) is 2.97. The molecular formula is C17H14BrClO4. The molecule has 0 aliphatic heterocycles. The lowest BCUT2D eigenvalue weighted by atomic mass is 10.2. The second-order valence-corrected chi connectivity index (χ2v) is 5.91. The summed E-state index contributed by atoms with van der Waals surface area (Å²) < 4.78 is 11.8. The molecule has 0 aromatic heterocycles. The van der Waals surface area contributed by atoms with Crippen molar-refractivity contribution in [1.29, 1.82) is 0 Å². The Morgan fingerprint density at radius 1 is 1.30 bits per heavy atom. The van der Waals surface area contributed by atoms with E-state index in [1.807, 2.05) is 12.1 Å². The number of rotatable bonds is 6. The molecule has 4 nitrogen and oxygen atoms in total. The summed E-state index contributed by atoms with van der Waals surface area (Å²) >= 11 is 9.28. The lowest BCUT2D eigenvalue weighted by Gasteiger charge is -2.13. The Morgan fingerprint density at radius 3 is 2.61 bits per heavy atom. The molecule has 0 heterocycles. The van der Waals surface area contributed by atoms with Crippen molar-refractivity contribution >= 4 is 39.6 Å². The average molecular weight is 398 g/mol. The van der Waals surface area contributed by atoms with E-state index in [1.54, 1.807) is 24.3 Å². The van der Waals surface area contributed by atoms with Gasteiger partial charge in [-0.3, -0.25) is 0 Å². The molecule has 0 saturated carbocycles. The standard InChI is InChI=1S/C17H14BrClO4/c1-22-15-9-12(4-7-16(20)21)8-14(18)17(15)23-10-11-2-5-13(19)6-3-11/h2-9H,10H2,1H3,(H,20,21). The zero-order valence-corrected chi connectivity index (χ0v) is 14.6. The molecule has 2 aromatic carbocycles. The first kappa shape index (κ1) is 17.4. The molecule has 0 unspecified atom stereocenters. The van der Waals surface area contributed by atoms with Crippen molar-refractivity contribution in [3.8, 4) is 11.5 Å². The smallest absolute Gasteiger partial charge is 0.328 e. The molecule has 0 atom stereocenters. The number of hydrogen-bond donors (Lipinski definition) is 1. The Bertz CT molecular complexity index is 726. The molecule has 2 aromatic rings. The molecule has 0 aliphatic rings. The largest absolute Gasteiger partial charge is 0.493 e. The lowest BCUT2D eigenvalue weighted by molar-refractivity contribution is -0.131. The van der Waals surface area contributed by atoms with E-state index < -0.39 is 5.97 Å². The van der Waals surface area contributed by atoms with Crippen LogP contribution < -0.4 is 9.47 Å². The highest BCUT2D eigenvalue weighted by Crippen LogP contribution is 2.37. The van der Waals surface area contributed by atoms with E-state index in [2.05, 4.69) is 15.9 Å². The lowest BCUT2D eigenvalue weighted by Crippen LogP contribution is -1.99. The quantitative estimate of drug-likeness (QED) is 0.712. The van der Waals surface area contributed by atoms with Crippen LogP contribution in [0.1, 0.15) is 11.1 Å². The van der Waals surface area contributed by atoms with Crippen molar-refractivity contribution in [1.82, 2.24) is 0 Å².